The fraction of sp³-hybridized carbons (Fsp3) is 0.231. The van der Waals surface area contributed by atoms with E-state index in [1.54, 1.807) is 19.2 Å². The smallest absolute Gasteiger partial charge is 0.272 e. The number of aliphatic hydroxyl groups is 1. The van der Waals surface area contributed by atoms with Gasteiger partial charge in [0.1, 0.15) is 11.5 Å². The van der Waals surface area contributed by atoms with Crippen LogP contribution < -0.4 is 0 Å². The Hall–Kier alpha value is -2.01. The van der Waals surface area contributed by atoms with Crippen molar-refractivity contribution in [2.24, 2.45) is 0 Å². The first-order valence-corrected chi connectivity index (χ1v) is 5.54. The molecule has 0 fully saturated rings. The molecule has 94 valence electrons. The number of hydrogen-bond acceptors (Lipinski definition) is 3. The minimum absolute atomic E-state index is 0.0962. The van der Waals surface area contributed by atoms with Gasteiger partial charge in [0.25, 0.3) is 5.91 Å². The zero-order valence-electron chi connectivity index (χ0n) is 9.93. The summed E-state index contributed by atoms with van der Waals surface area (Å²) in [6.07, 6.45) is 0. The summed E-state index contributed by atoms with van der Waals surface area (Å²) in [7, 11) is 1.59. The van der Waals surface area contributed by atoms with E-state index in [0.717, 1.165) is 0 Å². The van der Waals surface area contributed by atoms with Crippen LogP contribution in [-0.4, -0.2) is 41.1 Å². The lowest BCUT2D eigenvalue weighted by Crippen LogP contribution is -2.30. The van der Waals surface area contributed by atoms with Crippen molar-refractivity contribution in [1.29, 1.82) is 0 Å². The van der Waals surface area contributed by atoms with E-state index in [9.17, 15) is 9.18 Å². The van der Waals surface area contributed by atoms with Gasteiger partial charge in [-0.1, -0.05) is 6.07 Å². The monoisotopic (exact) mass is 248 g/mol. The SMILES string of the molecule is CN(CCO)C(=O)c1ccc2cc(F)ccc2n1. The lowest BCUT2D eigenvalue weighted by atomic mass is 10.2. The molecular weight excluding hydrogens is 235 g/mol. The van der Waals surface area contributed by atoms with Crippen molar-refractivity contribution in [2.45, 2.75) is 0 Å². The zero-order chi connectivity index (χ0) is 13.1. The van der Waals surface area contributed by atoms with Gasteiger partial charge in [0.05, 0.1) is 12.1 Å². The van der Waals surface area contributed by atoms with Crippen molar-refractivity contribution >= 4 is 16.8 Å². The maximum atomic E-state index is 13.0. The highest BCUT2D eigenvalue weighted by Gasteiger charge is 2.13. The number of fused-ring (bicyclic) bond motifs is 1. The summed E-state index contributed by atoms with van der Waals surface area (Å²) in [5.41, 5.74) is 0.852. The first-order chi connectivity index (χ1) is 8.61. The average molecular weight is 248 g/mol. The molecule has 0 aliphatic heterocycles. The number of carbonyl (C=O) groups is 1. The highest BCUT2D eigenvalue weighted by Crippen LogP contribution is 2.14. The number of nitrogens with zero attached hydrogens (tertiary/aromatic N) is 2. The second kappa shape index (κ2) is 5.10. The fourth-order valence-electron chi connectivity index (χ4n) is 1.66. The summed E-state index contributed by atoms with van der Waals surface area (Å²) in [4.78, 5) is 17.5. The molecule has 0 aliphatic carbocycles. The van der Waals surface area contributed by atoms with Crippen LogP contribution in [0.5, 0.6) is 0 Å². The largest absolute Gasteiger partial charge is 0.395 e. The predicted octanol–water partition coefficient (Wildman–Crippen LogP) is 1.44. The van der Waals surface area contributed by atoms with Crippen molar-refractivity contribution in [3.05, 3.63) is 41.8 Å². The topological polar surface area (TPSA) is 53.4 Å². The first kappa shape index (κ1) is 12.4. The molecule has 0 radical (unpaired) electrons. The molecule has 18 heavy (non-hydrogen) atoms. The molecule has 0 saturated heterocycles. The van der Waals surface area contributed by atoms with E-state index in [2.05, 4.69) is 4.98 Å². The van der Waals surface area contributed by atoms with Crippen LogP contribution in [0.1, 0.15) is 10.5 Å². The zero-order valence-corrected chi connectivity index (χ0v) is 9.93. The van der Waals surface area contributed by atoms with E-state index in [1.807, 2.05) is 0 Å². The summed E-state index contributed by atoms with van der Waals surface area (Å²) in [6, 6.07) is 7.42. The average Bonchev–Trinajstić information content (AvgIpc) is 2.37. The summed E-state index contributed by atoms with van der Waals surface area (Å²) < 4.78 is 13.0. The predicted molar refractivity (Wildman–Crippen MR) is 65.7 cm³/mol. The molecule has 0 aliphatic rings. The fourth-order valence-corrected chi connectivity index (χ4v) is 1.66. The third-order valence-electron chi connectivity index (χ3n) is 2.65. The van der Waals surface area contributed by atoms with Crippen molar-refractivity contribution in [2.75, 3.05) is 20.2 Å². The second-order valence-electron chi connectivity index (χ2n) is 3.98. The third kappa shape index (κ3) is 2.46. The van der Waals surface area contributed by atoms with Crippen LogP contribution in [-0.2, 0) is 0 Å². The highest BCUT2D eigenvalue weighted by atomic mass is 19.1. The third-order valence-corrected chi connectivity index (χ3v) is 2.65. The summed E-state index contributed by atoms with van der Waals surface area (Å²) >= 11 is 0. The lowest BCUT2D eigenvalue weighted by Gasteiger charge is -2.15. The molecule has 0 saturated carbocycles. The number of carbonyl (C=O) groups excluding carboxylic acids is 1. The van der Waals surface area contributed by atoms with Crippen LogP contribution in [0.15, 0.2) is 30.3 Å². The van der Waals surface area contributed by atoms with Crippen LogP contribution >= 0.6 is 0 Å². The number of aliphatic hydroxyl groups excluding tert-OH is 1. The van der Waals surface area contributed by atoms with E-state index < -0.39 is 0 Å². The van der Waals surface area contributed by atoms with Crippen LogP contribution in [0.25, 0.3) is 10.9 Å². The Morgan fingerprint density at radius 3 is 2.89 bits per heavy atom. The van der Waals surface area contributed by atoms with E-state index in [4.69, 9.17) is 5.11 Å². The lowest BCUT2D eigenvalue weighted by molar-refractivity contribution is 0.0761. The van der Waals surface area contributed by atoms with Gasteiger partial charge in [-0.05, 0) is 24.3 Å². The van der Waals surface area contributed by atoms with E-state index in [0.29, 0.717) is 10.9 Å². The number of pyridine rings is 1. The molecule has 0 unspecified atom stereocenters. The van der Waals surface area contributed by atoms with Crippen LogP contribution in [0.3, 0.4) is 0 Å². The molecule has 2 rings (SSSR count). The van der Waals surface area contributed by atoms with Gasteiger partial charge in [-0.3, -0.25) is 4.79 Å². The van der Waals surface area contributed by atoms with Crippen LogP contribution in [0.2, 0.25) is 0 Å². The van der Waals surface area contributed by atoms with Crippen molar-refractivity contribution in [3.63, 3.8) is 0 Å². The number of rotatable bonds is 3. The molecule has 0 spiro atoms. The number of halogens is 1. The molecule has 4 nitrogen and oxygen atoms in total. The van der Waals surface area contributed by atoms with Gasteiger partial charge in [0, 0.05) is 19.0 Å². The Morgan fingerprint density at radius 2 is 2.17 bits per heavy atom. The molecule has 2 aromatic rings. The maximum Gasteiger partial charge on any atom is 0.272 e. The minimum atomic E-state index is -0.333. The van der Waals surface area contributed by atoms with Gasteiger partial charge >= 0.3 is 0 Å². The standard InChI is InChI=1S/C13H13FN2O2/c1-16(6-7-17)13(18)12-4-2-9-8-10(14)3-5-11(9)15-12/h2-5,8,17H,6-7H2,1H3. The minimum Gasteiger partial charge on any atom is -0.395 e. The Kier molecular flexibility index (Phi) is 3.53. The van der Waals surface area contributed by atoms with E-state index in [-0.39, 0.29) is 30.6 Å². The van der Waals surface area contributed by atoms with Gasteiger partial charge in [0.15, 0.2) is 0 Å². The summed E-state index contributed by atoms with van der Waals surface area (Å²) in [6.45, 7) is 0.156. The Bertz CT molecular complexity index is 586. The molecule has 1 aromatic heterocycles. The van der Waals surface area contributed by atoms with Gasteiger partial charge in [-0.2, -0.15) is 0 Å². The number of benzene rings is 1. The van der Waals surface area contributed by atoms with Gasteiger partial charge in [0.2, 0.25) is 0 Å². The molecule has 1 aromatic carbocycles. The Labute approximate surface area is 104 Å². The van der Waals surface area contributed by atoms with Gasteiger partial charge < -0.3 is 10.0 Å². The highest BCUT2D eigenvalue weighted by molar-refractivity contribution is 5.94. The number of aromatic nitrogens is 1. The summed E-state index contributed by atoms with van der Waals surface area (Å²) in [5.74, 6) is -0.601. The molecule has 1 amide bonds. The van der Waals surface area contributed by atoms with Gasteiger partial charge in [-0.15, -0.1) is 0 Å². The number of amides is 1. The quantitative estimate of drug-likeness (QED) is 0.894. The van der Waals surface area contributed by atoms with Crippen LogP contribution in [0.4, 0.5) is 4.39 Å². The van der Waals surface area contributed by atoms with Crippen LogP contribution in [0, 0.1) is 5.82 Å². The normalized spacial score (nSPS) is 10.6. The van der Waals surface area contributed by atoms with Crippen molar-refractivity contribution in [3.8, 4) is 0 Å². The molecule has 0 atom stereocenters. The number of hydrogen-bond donors (Lipinski definition) is 1. The number of likely N-dealkylation sites (N-methyl/N-ethyl adjacent to an activating group) is 1. The van der Waals surface area contributed by atoms with E-state index in [1.165, 1.54) is 23.1 Å². The van der Waals surface area contributed by atoms with E-state index >= 15 is 0 Å². The molecule has 1 heterocycles. The molecule has 5 heteroatoms. The molecular formula is C13H13FN2O2. The first-order valence-electron chi connectivity index (χ1n) is 5.54. The van der Waals surface area contributed by atoms with Gasteiger partial charge in [-0.25, -0.2) is 9.37 Å². The maximum absolute atomic E-state index is 13.0. The Balaban J connectivity index is 2.35. The summed E-state index contributed by atoms with van der Waals surface area (Å²) in [5, 5.41) is 9.43. The second-order valence-corrected chi connectivity index (χ2v) is 3.98. The van der Waals surface area contributed by atoms with Crippen molar-refractivity contribution < 1.29 is 14.3 Å². The Morgan fingerprint density at radius 1 is 1.39 bits per heavy atom. The molecule has 1 N–H and O–H groups in total. The molecule has 0 bridgehead atoms. The van der Waals surface area contributed by atoms with Crippen molar-refractivity contribution in [1.82, 2.24) is 9.88 Å².